The number of hydrogen-bond donors (Lipinski definition) is 0. The highest BCUT2D eigenvalue weighted by Gasteiger charge is 2.16. The third kappa shape index (κ3) is 4.75. The molecule has 0 aliphatic heterocycles. The minimum absolute atomic E-state index is 1.19. The van der Waals surface area contributed by atoms with Gasteiger partial charge < -0.3 is 0 Å². The average Bonchev–Trinajstić information content (AvgIpc) is 2.83. The van der Waals surface area contributed by atoms with Gasteiger partial charge in [-0.05, 0) is 100 Å². The summed E-state index contributed by atoms with van der Waals surface area (Å²) in [6.45, 7) is 6.94. The predicted molar refractivity (Wildman–Crippen MR) is 143 cm³/mol. The maximum absolute atomic E-state index is 2.45. The lowest BCUT2D eigenvalue weighted by molar-refractivity contribution is 0.736. The van der Waals surface area contributed by atoms with E-state index in [-0.39, 0.29) is 0 Å². The van der Waals surface area contributed by atoms with E-state index in [1.165, 1.54) is 90.5 Å². The lowest BCUT2D eigenvalue weighted by Crippen LogP contribution is -2.04. The van der Waals surface area contributed by atoms with Gasteiger partial charge >= 0.3 is 0 Å². The van der Waals surface area contributed by atoms with Crippen LogP contribution in [0.15, 0.2) is 66.7 Å². The first-order valence-electron chi connectivity index (χ1n) is 12.8. The van der Waals surface area contributed by atoms with Crippen LogP contribution in [0.5, 0.6) is 0 Å². The highest BCUT2D eigenvalue weighted by molar-refractivity contribution is 6.05. The number of benzene rings is 4. The molecule has 166 valence electrons. The summed E-state index contributed by atoms with van der Waals surface area (Å²) in [5.74, 6) is 0. The second kappa shape index (κ2) is 10.8. The largest absolute Gasteiger partial charge is 0.0654 e. The highest BCUT2D eigenvalue weighted by Crippen LogP contribution is 2.37. The Labute approximate surface area is 194 Å². The van der Waals surface area contributed by atoms with E-state index in [0.717, 1.165) is 0 Å². The van der Waals surface area contributed by atoms with Crippen molar-refractivity contribution in [3.8, 4) is 11.1 Å². The highest BCUT2D eigenvalue weighted by atomic mass is 14.2. The van der Waals surface area contributed by atoms with Crippen LogP contribution in [0.2, 0.25) is 0 Å². The van der Waals surface area contributed by atoms with Crippen molar-refractivity contribution in [1.82, 2.24) is 0 Å². The van der Waals surface area contributed by atoms with Gasteiger partial charge in [-0.2, -0.15) is 0 Å². The Hall–Kier alpha value is -2.60. The molecule has 0 aliphatic rings. The maximum atomic E-state index is 2.45. The number of rotatable bonds is 10. The van der Waals surface area contributed by atoms with Crippen molar-refractivity contribution in [3.05, 3.63) is 83.4 Å². The second-order valence-corrected chi connectivity index (χ2v) is 9.27. The third-order valence-electron chi connectivity index (χ3n) is 6.93. The summed E-state index contributed by atoms with van der Waals surface area (Å²) >= 11 is 0. The minimum Gasteiger partial charge on any atom is -0.0654 e. The number of fused-ring (bicyclic) bond motifs is 2. The van der Waals surface area contributed by atoms with E-state index in [2.05, 4.69) is 87.5 Å². The smallest absolute Gasteiger partial charge is 0.00989 e. The van der Waals surface area contributed by atoms with Gasteiger partial charge in [0, 0.05) is 0 Å². The Kier molecular flexibility index (Phi) is 7.63. The molecular weight excluding hydrogens is 384 g/mol. The van der Waals surface area contributed by atoms with E-state index in [4.69, 9.17) is 0 Å². The lowest BCUT2D eigenvalue weighted by atomic mass is 9.84. The van der Waals surface area contributed by atoms with Gasteiger partial charge in [0.2, 0.25) is 0 Å². The van der Waals surface area contributed by atoms with E-state index in [9.17, 15) is 0 Å². The van der Waals surface area contributed by atoms with Gasteiger partial charge in [-0.3, -0.25) is 0 Å². The second-order valence-electron chi connectivity index (χ2n) is 9.27. The van der Waals surface area contributed by atoms with Crippen molar-refractivity contribution in [1.29, 1.82) is 0 Å². The molecule has 0 amide bonds. The summed E-state index contributed by atoms with van der Waals surface area (Å²) in [6, 6.07) is 25.2. The van der Waals surface area contributed by atoms with Crippen LogP contribution in [0.25, 0.3) is 32.7 Å². The Morgan fingerprint density at radius 1 is 0.500 bits per heavy atom. The van der Waals surface area contributed by atoms with Crippen molar-refractivity contribution in [3.63, 3.8) is 0 Å². The first-order chi connectivity index (χ1) is 15.8. The topological polar surface area (TPSA) is 0 Å². The first kappa shape index (κ1) is 22.6. The summed E-state index contributed by atoms with van der Waals surface area (Å²) < 4.78 is 0. The van der Waals surface area contributed by atoms with E-state index < -0.39 is 0 Å². The summed E-state index contributed by atoms with van der Waals surface area (Å²) in [4.78, 5) is 0. The standard InChI is InChI=1S/C32H38/c1-4-7-13-24-20-21-31(29(18-9-6-3)28(24)17-8-5-2)30-19-12-16-27-22-25-14-10-11-15-26(25)23-32(27)30/h10-12,14-16,19-23H,4-9,13,17-18H2,1-3H3. The zero-order chi connectivity index (χ0) is 22.3. The molecule has 0 nitrogen and oxygen atoms in total. The summed E-state index contributed by atoms with van der Waals surface area (Å²) in [7, 11) is 0. The minimum atomic E-state index is 1.19. The molecule has 4 aromatic carbocycles. The van der Waals surface area contributed by atoms with Crippen LogP contribution >= 0.6 is 0 Å². The molecule has 0 heterocycles. The normalized spacial score (nSPS) is 11.5. The lowest BCUT2D eigenvalue weighted by Gasteiger charge is -2.21. The molecule has 0 bridgehead atoms. The molecule has 0 atom stereocenters. The molecule has 0 aliphatic carbocycles. The predicted octanol–water partition coefficient (Wildman–Crippen LogP) is 9.69. The van der Waals surface area contributed by atoms with Gasteiger partial charge in [0.1, 0.15) is 0 Å². The van der Waals surface area contributed by atoms with Gasteiger partial charge in [0.25, 0.3) is 0 Å². The average molecular weight is 423 g/mol. The Balaban J connectivity index is 1.93. The SMILES string of the molecule is CCCCc1ccc(-c2cccc3cc4ccccc4cc23)c(CCCC)c1CCCC. The van der Waals surface area contributed by atoms with Gasteiger partial charge in [0.15, 0.2) is 0 Å². The summed E-state index contributed by atoms with van der Waals surface area (Å²) in [5.41, 5.74) is 7.74. The number of aryl methyl sites for hydroxylation is 1. The van der Waals surface area contributed by atoms with Crippen LogP contribution in [0.4, 0.5) is 0 Å². The fraction of sp³-hybridized carbons (Fsp3) is 0.375. The maximum Gasteiger partial charge on any atom is -0.00989 e. The van der Waals surface area contributed by atoms with E-state index in [1.54, 1.807) is 16.7 Å². The van der Waals surface area contributed by atoms with Crippen LogP contribution in [0, 0.1) is 0 Å². The molecule has 0 saturated heterocycles. The zero-order valence-electron chi connectivity index (χ0n) is 20.2. The van der Waals surface area contributed by atoms with Crippen molar-refractivity contribution in [2.24, 2.45) is 0 Å². The van der Waals surface area contributed by atoms with Gasteiger partial charge in [-0.25, -0.2) is 0 Å². The third-order valence-corrected chi connectivity index (χ3v) is 6.93. The van der Waals surface area contributed by atoms with E-state index >= 15 is 0 Å². The number of hydrogen-bond acceptors (Lipinski definition) is 0. The van der Waals surface area contributed by atoms with Crippen LogP contribution in [0.1, 0.15) is 76.0 Å². The van der Waals surface area contributed by atoms with Gasteiger partial charge in [-0.1, -0.05) is 94.6 Å². The van der Waals surface area contributed by atoms with Crippen LogP contribution < -0.4 is 0 Å². The quantitative estimate of drug-likeness (QED) is 0.223. The molecule has 0 unspecified atom stereocenters. The molecule has 32 heavy (non-hydrogen) atoms. The van der Waals surface area contributed by atoms with Crippen LogP contribution in [-0.2, 0) is 19.3 Å². The van der Waals surface area contributed by atoms with Gasteiger partial charge in [-0.15, -0.1) is 0 Å². The van der Waals surface area contributed by atoms with Gasteiger partial charge in [0.05, 0.1) is 0 Å². The molecule has 4 aromatic rings. The monoisotopic (exact) mass is 422 g/mol. The number of unbranched alkanes of at least 4 members (excludes halogenated alkanes) is 3. The molecule has 0 spiro atoms. The molecule has 0 saturated carbocycles. The fourth-order valence-electron chi connectivity index (χ4n) is 5.10. The first-order valence-corrected chi connectivity index (χ1v) is 12.8. The fourth-order valence-corrected chi connectivity index (χ4v) is 5.10. The molecule has 0 fully saturated rings. The van der Waals surface area contributed by atoms with E-state index in [1.807, 2.05) is 0 Å². The van der Waals surface area contributed by atoms with Crippen molar-refractivity contribution in [2.45, 2.75) is 78.6 Å². The Morgan fingerprint density at radius 3 is 1.84 bits per heavy atom. The molecule has 0 radical (unpaired) electrons. The Bertz CT molecular complexity index is 1180. The zero-order valence-corrected chi connectivity index (χ0v) is 20.2. The molecule has 0 aromatic heterocycles. The van der Waals surface area contributed by atoms with Crippen molar-refractivity contribution >= 4 is 21.5 Å². The van der Waals surface area contributed by atoms with E-state index in [0.29, 0.717) is 0 Å². The molecule has 0 N–H and O–H groups in total. The Morgan fingerprint density at radius 2 is 1.12 bits per heavy atom. The summed E-state index contributed by atoms with van der Waals surface area (Å²) in [6.07, 6.45) is 11.2. The van der Waals surface area contributed by atoms with Crippen molar-refractivity contribution < 1.29 is 0 Å². The van der Waals surface area contributed by atoms with Crippen LogP contribution in [0.3, 0.4) is 0 Å². The van der Waals surface area contributed by atoms with Crippen molar-refractivity contribution in [2.75, 3.05) is 0 Å². The van der Waals surface area contributed by atoms with Crippen LogP contribution in [-0.4, -0.2) is 0 Å². The molecule has 0 heteroatoms. The molecule has 4 rings (SSSR count). The summed E-state index contributed by atoms with van der Waals surface area (Å²) in [5, 5.41) is 5.37. The molecular formula is C32H38.